The number of hydrogen-bond donors (Lipinski definition) is 1. The molecule has 0 bridgehead atoms. The van der Waals surface area contributed by atoms with Crippen molar-refractivity contribution in [2.45, 2.75) is 20.3 Å². The van der Waals surface area contributed by atoms with E-state index in [9.17, 15) is 4.79 Å². The molecule has 0 aliphatic rings. The molecule has 0 atom stereocenters. The molecular formula is C15H17NO2. The van der Waals surface area contributed by atoms with Crippen molar-refractivity contribution >= 4 is 5.91 Å². The van der Waals surface area contributed by atoms with Crippen molar-refractivity contribution in [3.63, 3.8) is 0 Å². The van der Waals surface area contributed by atoms with Gasteiger partial charge in [0.25, 0.3) is 5.91 Å². The summed E-state index contributed by atoms with van der Waals surface area (Å²) in [6, 6.07) is 9.73. The number of amides is 1. The molecule has 18 heavy (non-hydrogen) atoms. The van der Waals surface area contributed by atoms with E-state index in [0.717, 1.165) is 6.42 Å². The molecule has 1 aromatic carbocycles. The van der Waals surface area contributed by atoms with E-state index in [-0.39, 0.29) is 5.91 Å². The molecule has 3 heteroatoms. The molecule has 0 saturated carbocycles. The maximum absolute atomic E-state index is 11.6. The van der Waals surface area contributed by atoms with Crippen molar-refractivity contribution in [3.8, 4) is 0 Å². The summed E-state index contributed by atoms with van der Waals surface area (Å²) in [6.07, 6.45) is 2.33. The molecule has 0 saturated heterocycles. The second kappa shape index (κ2) is 5.54. The van der Waals surface area contributed by atoms with Crippen LogP contribution in [0.3, 0.4) is 0 Å². The van der Waals surface area contributed by atoms with E-state index < -0.39 is 0 Å². The average molecular weight is 243 g/mol. The van der Waals surface area contributed by atoms with Gasteiger partial charge < -0.3 is 9.73 Å². The molecule has 1 amide bonds. The number of aryl methyl sites for hydroxylation is 2. The third-order valence-electron chi connectivity index (χ3n) is 3.02. The minimum atomic E-state index is -0.163. The molecule has 0 fully saturated rings. The van der Waals surface area contributed by atoms with Gasteiger partial charge in [-0.25, -0.2) is 0 Å². The fraction of sp³-hybridized carbons (Fsp3) is 0.267. The Morgan fingerprint density at radius 3 is 2.72 bits per heavy atom. The van der Waals surface area contributed by atoms with Gasteiger partial charge in [0, 0.05) is 6.54 Å². The van der Waals surface area contributed by atoms with E-state index in [4.69, 9.17) is 4.42 Å². The first-order chi connectivity index (χ1) is 8.66. The van der Waals surface area contributed by atoms with Gasteiger partial charge in [0.05, 0.1) is 6.26 Å². The molecule has 3 nitrogen and oxygen atoms in total. The van der Waals surface area contributed by atoms with Gasteiger partial charge >= 0.3 is 0 Å². The van der Waals surface area contributed by atoms with Gasteiger partial charge in [-0.15, -0.1) is 0 Å². The van der Waals surface area contributed by atoms with E-state index in [1.54, 1.807) is 12.1 Å². The Hall–Kier alpha value is -2.03. The number of benzene rings is 1. The van der Waals surface area contributed by atoms with Crippen molar-refractivity contribution < 1.29 is 9.21 Å². The van der Waals surface area contributed by atoms with Crippen molar-refractivity contribution in [1.82, 2.24) is 5.32 Å². The number of hydrogen-bond acceptors (Lipinski definition) is 2. The predicted octanol–water partition coefficient (Wildman–Crippen LogP) is 2.87. The summed E-state index contributed by atoms with van der Waals surface area (Å²) >= 11 is 0. The van der Waals surface area contributed by atoms with Crippen LogP contribution >= 0.6 is 0 Å². The third kappa shape index (κ3) is 3.00. The van der Waals surface area contributed by atoms with Crippen LogP contribution in [-0.4, -0.2) is 12.5 Å². The van der Waals surface area contributed by atoms with Crippen LogP contribution in [0.25, 0.3) is 0 Å². The lowest BCUT2D eigenvalue weighted by Gasteiger charge is -2.06. The molecule has 1 heterocycles. The van der Waals surface area contributed by atoms with E-state index in [1.807, 2.05) is 0 Å². The highest BCUT2D eigenvalue weighted by Crippen LogP contribution is 2.10. The zero-order valence-corrected chi connectivity index (χ0v) is 10.7. The zero-order chi connectivity index (χ0) is 13.0. The lowest BCUT2D eigenvalue weighted by atomic mass is 10.0. The molecule has 1 N–H and O–H groups in total. The Bertz CT molecular complexity index is 529. The number of nitrogens with one attached hydrogen (secondary N) is 1. The molecule has 0 spiro atoms. The monoisotopic (exact) mass is 243 g/mol. The van der Waals surface area contributed by atoms with E-state index in [0.29, 0.717) is 12.3 Å². The van der Waals surface area contributed by atoms with Gasteiger partial charge in [-0.1, -0.05) is 18.2 Å². The number of furan rings is 1. The fourth-order valence-corrected chi connectivity index (χ4v) is 1.77. The summed E-state index contributed by atoms with van der Waals surface area (Å²) in [7, 11) is 0. The minimum Gasteiger partial charge on any atom is -0.459 e. The SMILES string of the molecule is Cc1ccc(CCNC(=O)c2ccco2)cc1C. The van der Waals surface area contributed by atoms with Gasteiger partial charge in [-0.3, -0.25) is 4.79 Å². The quantitative estimate of drug-likeness (QED) is 0.897. The summed E-state index contributed by atoms with van der Waals surface area (Å²) in [5, 5.41) is 2.83. The number of rotatable bonds is 4. The number of carbonyl (C=O) groups excluding carboxylic acids is 1. The van der Waals surface area contributed by atoms with Crippen LogP contribution in [0, 0.1) is 13.8 Å². The molecule has 94 valence electrons. The van der Waals surface area contributed by atoms with E-state index in [2.05, 4.69) is 37.4 Å². The Morgan fingerprint density at radius 2 is 2.06 bits per heavy atom. The summed E-state index contributed by atoms with van der Waals surface area (Å²) in [5.41, 5.74) is 3.81. The van der Waals surface area contributed by atoms with Crippen LogP contribution in [0.1, 0.15) is 27.2 Å². The molecule has 0 unspecified atom stereocenters. The second-order valence-corrected chi connectivity index (χ2v) is 4.40. The summed E-state index contributed by atoms with van der Waals surface area (Å²) < 4.78 is 5.02. The Labute approximate surface area is 107 Å². The van der Waals surface area contributed by atoms with Crippen LogP contribution < -0.4 is 5.32 Å². The van der Waals surface area contributed by atoms with Gasteiger partial charge in [0.1, 0.15) is 0 Å². The van der Waals surface area contributed by atoms with E-state index >= 15 is 0 Å². The summed E-state index contributed by atoms with van der Waals surface area (Å²) in [5.74, 6) is 0.193. The van der Waals surface area contributed by atoms with E-state index in [1.165, 1.54) is 23.0 Å². The summed E-state index contributed by atoms with van der Waals surface area (Å²) in [4.78, 5) is 11.6. The van der Waals surface area contributed by atoms with Crippen molar-refractivity contribution in [2.24, 2.45) is 0 Å². The lowest BCUT2D eigenvalue weighted by Crippen LogP contribution is -2.25. The normalized spacial score (nSPS) is 10.3. The minimum absolute atomic E-state index is 0.163. The molecule has 2 rings (SSSR count). The van der Waals surface area contributed by atoms with Gasteiger partial charge in [-0.2, -0.15) is 0 Å². The van der Waals surface area contributed by atoms with Crippen molar-refractivity contribution in [3.05, 3.63) is 59.0 Å². The van der Waals surface area contributed by atoms with Crippen LogP contribution in [0.2, 0.25) is 0 Å². The smallest absolute Gasteiger partial charge is 0.286 e. The summed E-state index contributed by atoms with van der Waals surface area (Å²) in [6.45, 7) is 4.81. The topological polar surface area (TPSA) is 42.2 Å². The standard InChI is InChI=1S/C15H17NO2/c1-11-5-6-13(10-12(11)2)7-8-16-15(17)14-4-3-9-18-14/h3-6,9-10H,7-8H2,1-2H3,(H,16,17). The van der Waals surface area contributed by atoms with Gasteiger partial charge in [0.2, 0.25) is 0 Å². The van der Waals surface area contributed by atoms with Gasteiger partial charge in [0.15, 0.2) is 5.76 Å². The zero-order valence-electron chi connectivity index (χ0n) is 10.7. The van der Waals surface area contributed by atoms with Crippen LogP contribution in [-0.2, 0) is 6.42 Å². The molecule has 1 aromatic heterocycles. The highest BCUT2D eigenvalue weighted by Gasteiger charge is 2.06. The van der Waals surface area contributed by atoms with Crippen LogP contribution in [0.15, 0.2) is 41.0 Å². The average Bonchev–Trinajstić information content (AvgIpc) is 2.87. The highest BCUT2D eigenvalue weighted by atomic mass is 16.3. The Kier molecular flexibility index (Phi) is 3.82. The molecule has 0 radical (unpaired) electrons. The maximum atomic E-state index is 11.6. The molecule has 0 aliphatic heterocycles. The van der Waals surface area contributed by atoms with Crippen LogP contribution in [0.4, 0.5) is 0 Å². The first-order valence-electron chi connectivity index (χ1n) is 6.04. The highest BCUT2D eigenvalue weighted by molar-refractivity contribution is 5.91. The largest absolute Gasteiger partial charge is 0.459 e. The second-order valence-electron chi connectivity index (χ2n) is 4.40. The van der Waals surface area contributed by atoms with Gasteiger partial charge in [-0.05, 0) is 49.1 Å². The molecule has 0 aliphatic carbocycles. The Morgan fingerprint density at radius 1 is 1.22 bits per heavy atom. The predicted molar refractivity (Wildman–Crippen MR) is 70.7 cm³/mol. The van der Waals surface area contributed by atoms with Crippen LogP contribution in [0.5, 0.6) is 0 Å². The first-order valence-corrected chi connectivity index (χ1v) is 6.04. The fourth-order valence-electron chi connectivity index (χ4n) is 1.77. The van der Waals surface area contributed by atoms with Crippen molar-refractivity contribution in [2.75, 3.05) is 6.54 Å². The van der Waals surface area contributed by atoms with Crippen molar-refractivity contribution in [1.29, 1.82) is 0 Å². The third-order valence-corrected chi connectivity index (χ3v) is 3.02. The molecular weight excluding hydrogens is 226 g/mol. The lowest BCUT2D eigenvalue weighted by molar-refractivity contribution is 0.0926. The Balaban J connectivity index is 1.85. The maximum Gasteiger partial charge on any atom is 0.286 e. The molecule has 2 aromatic rings. The number of carbonyl (C=O) groups is 1. The first kappa shape index (κ1) is 12.4.